The Balaban J connectivity index is 1.83. The maximum atomic E-state index is 13.1. The zero-order valence-electron chi connectivity index (χ0n) is 15.2. The van der Waals surface area contributed by atoms with Crippen molar-refractivity contribution in [2.75, 3.05) is 13.1 Å². The molecule has 2 aromatic carbocycles. The molecule has 0 spiro atoms. The molecule has 1 aliphatic heterocycles. The molecule has 3 rings (SSSR count). The van der Waals surface area contributed by atoms with Gasteiger partial charge in [0.15, 0.2) is 0 Å². The first-order valence-electron chi connectivity index (χ1n) is 8.83. The minimum atomic E-state index is -3.89. The van der Waals surface area contributed by atoms with E-state index in [0.717, 1.165) is 0 Å². The molecular formula is C19H19Cl3N2O4S. The highest BCUT2D eigenvalue weighted by molar-refractivity contribution is 7.89. The first kappa shape index (κ1) is 22.2. The number of amides is 1. The molecule has 6 nitrogen and oxygen atoms in total. The van der Waals surface area contributed by atoms with Crippen LogP contribution in [0.15, 0.2) is 47.4 Å². The Morgan fingerprint density at radius 3 is 2.48 bits per heavy atom. The fourth-order valence-electron chi connectivity index (χ4n) is 3.32. The molecule has 2 atom stereocenters. The highest BCUT2D eigenvalue weighted by Crippen LogP contribution is 2.34. The van der Waals surface area contributed by atoms with Crippen molar-refractivity contribution in [3.05, 3.63) is 57.5 Å². The zero-order valence-corrected chi connectivity index (χ0v) is 18.3. The minimum absolute atomic E-state index is 0.00639. The summed E-state index contributed by atoms with van der Waals surface area (Å²) in [6, 6.07) is 11.3. The minimum Gasteiger partial charge on any atom is -0.490 e. The van der Waals surface area contributed by atoms with E-state index >= 15 is 0 Å². The Morgan fingerprint density at radius 2 is 1.83 bits per heavy atom. The van der Waals surface area contributed by atoms with E-state index in [1.165, 1.54) is 22.5 Å². The van der Waals surface area contributed by atoms with Crippen molar-refractivity contribution in [2.24, 2.45) is 11.7 Å². The number of rotatable bonds is 6. The predicted molar refractivity (Wildman–Crippen MR) is 113 cm³/mol. The van der Waals surface area contributed by atoms with Gasteiger partial charge in [-0.15, -0.1) is 0 Å². The fourth-order valence-corrected chi connectivity index (χ4v) is 5.69. The van der Waals surface area contributed by atoms with Gasteiger partial charge in [-0.1, -0.05) is 40.9 Å². The quantitative estimate of drug-likeness (QED) is 0.681. The summed E-state index contributed by atoms with van der Waals surface area (Å²) in [4.78, 5) is 11.5. The standard InChI is InChI=1S/C19H19Cl3N2O4S/c20-13-4-6-14(7-5-13)28-16-8-9-24(11-12(16)10-18(23)25)29(26,27)17-3-1-2-15(21)19(17)22/h1-7,12,16H,8-11H2,(H2,23,25)/t12-,16-/m0/s1. The van der Waals surface area contributed by atoms with Gasteiger partial charge in [0.1, 0.15) is 16.7 Å². The number of hydrogen-bond acceptors (Lipinski definition) is 4. The van der Waals surface area contributed by atoms with E-state index < -0.39 is 21.8 Å². The van der Waals surface area contributed by atoms with E-state index in [9.17, 15) is 13.2 Å². The van der Waals surface area contributed by atoms with E-state index in [1.54, 1.807) is 24.3 Å². The van der Waals surface area contributed by atoms with Gasteiger partial charge < -0.3 is 10.5 Å². The molecule has 0 aromatic heterocycles. The van der Waals surface area contributed by atoms with Crippen LogP contribution in [0, 0.1) is 5.92 Å². The average Bonchev–Trinajstić information content (AvgIpc) is 2.66. The summed E-state index contributed by atoms with van der Waals surface area (Å²) in [5.41, 5.74) is 5.39. The second-order valence-electron chi connectivity index (χ2n) is 6.74. The lowest BCUT2D eigenvalue weighted by atomic mass is 9.92. The van der Waals surface area contributed by atoms with Crippen LogP contribution < -0.4 is 10.5 Å². The lowest BCUT2D eigenvalue weighted by Crippen LogP contribution is -2.48. The third-order valence-corrected chi connectivity index (χ3v) is 7.82. The first-order valence-corrected chi connectivity index (χ1v) is 11.4. The second-order valence-corrected chi connectivity index (χ2v) is 9.87. The average molecular weight is 478 g/mol. The number of halogens is 3. The molecule has 1 amide bonds. The Morgan fingerprint density at radius 1 is 1.14 bits per heavy atom. The van der Waals surface area contributed by atoms with Crippen molar-refractivity contribution in [3.8, 4) is 5.75 Å². The van der Waals surface area contributed by atoms with Gasteiger partial charge >= 0.3 is 0 Å². The van der Waals surface area contributed by atoms with E-state index in [4.69, 9.17) is 45.3 Å². The summed E-state index contributed by atoms with van der Waals surface area (Å²) in [5.74, 6) is -0.354. The number of benzene rings is 2. The number of sulfonamides is 1. The molecule has 1 saturated heterocycles. The fraction of sp³-hybridized carbons (Fsp3) is 0.316. The van der Waals surface area contributed by atoms with E-state index in [-0.39, 0.29) is 40.6 Å². The van der Waals surface area contributed by atoms with Crippen molar-refractivity contribution in [1.82, 2.24) is 4.31 Å². The number of nitrogens with zero attached hydrogens (tertiary/aromatic N) is 1. The molecule has 1 heterocycles. The number of piperidine rings is 1. The number of primary amides is 1. The van der Waals surface area contributed by atoms with Gasteiger partial charge in [-0.05, 0) is 42.8 Å². The number of ether oxygens (including phenoxy) is 1. The topological polar surface area (TPSA) is 89.7 Å². The molecule has 0 saturated carbocycles. The molecular weight excluding hydrogens is 459 g/mol. The van der Waals surface area contributed by atoms with Crippen LogP contribution in [-0.2, 0) is 14.8 Å². The van der Waals surface area contributed by atoms with Crippen LogP contribution in [0.25, 0.3) is 0 Å². The molecule has 0 radical (unpaired) electrons. The van der Waals surface area contributed by atoms with E-state index in [0.29, 0.717) is 17.2 Å². The lowest BCUT2D eigenvalue weighted by molar-refractivity contribution is -0.120. The van der Waals surface area contributed by atoms with Crippen LogP contribution in [0.4, 0.5) is 0 Å². The maximum Gasteiger partial charge on any atom is 0.244 e. The highest BCUT2D eigenvalue weighted by atomic mass is 35.5. The lowest BCUT2D eigenvalue weighted by Gasteiger charge is -2.37. The maximum absolute atomic E-state index is 13.1. The van der Waals surface area contributed by atoms with E-state index in [1.807, 2.05) is 0 Å². The Kier molecular flexibility index (Phi) is 6.96. The van der Waals surface area contributed by atoms with Crippen molar-refractivity contribution in [1.29, 1.82) is 0 Å². The normalized spacial score (nSPS) is 20.4. The smallest absolute Gasteiger partial charge is 0.244 e. The summed E-state index contributed by atoms with van der Waals surface area (Å²) in [6.07, 6.45) is 0.0101. The van der Waals surface area contributed by atoms with Gasteiger partial charge in [0.05, 0.1) is 10.0 Å². The monoisotopic (exact) mass is 476 g/mol. The Labute approximate surface area is 184 Å². The van der Waals surface area contributed by atoms with E-state index in [2.05, 4.69) is 0 Å². The largest absolute Gasteiger partial charge is 0.490 e. The summed E-state index contributed by atoms with van der Waals surface area (Å²) >= 11 is 18.0. The Hall–Kier alpha value is -1.51. The van der Waals surface area contributed by atoms with Crippen LogP contribution in [-0.4, -0.2) is 37.8 Å². The number of nitrogens with two attached hydrogens (primary N) is 1. The second kappa shape index (κ2) is 9.10. The van der Waals surface area contributed by atoms with Gasteiger partial charge in [0.25, 0.3) is 0 Å². The zero-order chi connectivity index (χ0) is 21.2. The molecule has 10 heteroatoms. The van der Waals surface area contributed by atoms with Crippen LogP contribution in [0.1, 0.15) is 12.8 Å². The van der Waals surface area contributed by atoms with Crippen molar-refractivity contribution < 1.29 is 17.9 Å². The van der Waals surface area contributed by atoms with Crippen LogP contribution in [0.2, 0.25) is 15.1 Å². The summed E-state index contributed by atoms with van der Waals surface area (Å²) < 4.78 is 33.5. The van der Waals surface area contributed by atoms with Gasteiger partial charge in [-0.3, -0.25) is 4.79 Å². The molecule has 0 bridgehead atoms. The van der Waals surface area contributed by atoms with Crippen LogP contribution in [0.3, 0.4) is 0 Å². The third kappa shape index (κ3) is 5.16. The number of hydrogen-bond donors (Lipinski definition) is 1. The van der Waals surface area contributed by atoms with Gasteiger partial charge in [0.2, 0.25) is 15.9 Å². The Bertz CT molecular complexity index is 999. The molecule has 0 aliphatic carbocycles. The van der Waals surface area contributed by atoms with Crippen molar-refractivity contribution in [3.63, 3.8) is 0 Å². The third-order valence-electron chi connectivity index (χ3n) is 4.73. The predicted octanol–water partition coefficient (Wildman–Crippen LogP) is 3.98. The SMILES string of the molecule is NC(=O)C[C@H]1CN(S(=O)(=O)c2cccc(Cl)c2Cl)CC[C@@H]1Oc1ccc(Cl)cc1. The molecule has 156 valence electrons. The van der Waals surface area contributed by atoms with Gasteiger partial charge in [-0.2, -0.15) is 4.31 Å². The summed E-state index contributed by atoms with van der Waals surface area (Å²) in [5, 5.41) is 0.702. The molecule has 2 N–H and O–H groups in total. The van der Waals surface area contributed by atoms with Crippen molar-refractivity contribution >= 4 is 50.7 Å². The highest BCUT2D eigenvalue weighted by Gasteiger charge is 2.38. The van der Waals surface area contributed by atoms with Crippen LogP contribution in [0.5, 0.6) is 5.75 Å². The summed E-state index contributed by atoms with van der Waals surface area (Å²) in [6.45, 7) is 0.283. The number of carbonyl (C=O) groups is 1. The van der Waals surface area contributed by atoms with Gasteiger partial charge in [0, 0.05) is 30.5 Å². The summed E-state index contributed by atoms with van der Waals surface area (Å²) in [7, 11) is -3.89. The van der Waals surface area contributed by atoms with Crippen LogP contribution >= 0.6 is 34.8 Å². The molecule has 2 aromatic rings. The first-order chi connectivity index (χ1) is 13.7. The van der Waals surface area contributed by atoms with Crippen molar-refractivity contribution in [2.45, 2.75) is 23.8 Å². The van der Waals surface area contributed by atoms with Gasteiger partial charge in [-0.25, -0.2) is 8.42 Å². The number of carbonyl (C=O) groups excluding carboxylic acids is 1. The molecule has 1 aliphatic rings. The molecule has 29 heavy (non-hydrogen) atoms. The molecule has 1 fully saturated rings. The molecule has 0 unspecified atom stereocenters.